The van der Waals surface area contributed by atoms with Crippen LogP contribution in [0.1, 0.15) is 33.6 Å². The van der Waals surface area contributed by atoms with Crippen LogP contribution in [0, 0.1) is 0 Å². The predicted octanol–water partition coefficient (Wildman–Crippen LogP) is 4.70. The lowest BCUT2D eigenvalue weighted by atomic mass is 9.98. The number of rotatable bonds is 7. The summed E-state index contributed by atoms with van der Waals surface area (Å²) in [4.78, 5) is 19.1. The molecule has 166 valence electrons. The van der Waals surface area contributed by atoms with Gasteiger partial charge in [-0.1, -0.05) is 41.6 Å². The quantitative estimate of drug-likeness (QED) is 0.414. The smallest absolute Gasteiger partial charge is 0.253 e. The number of nitrogens with zero attached hydrogens (tertiary/aromatic N) is 3. The van der Waals surface area contributed by atoms with Crippen molar-refractivity contribution in [2.24, 2.45) is 0 Å². The number of hydrogen-bond acceptors (Lipinski definition) is 6. The van der Waals surface area contributed by atoms with Gasteiger partial charge in [-0.15, -0.1) is 0 Å². The van der Waals surface area contributed by atoms with Crippen LogP contribution in [0.5, 0.6) is 17.2 Å². The Morgan fingerprint density at radius 3 is 2.42 bits per heavy atom. The number of benzene rings is 3. The first-order chi connectivity index (χ1) is 16.2. The fraction of sp³-hybridized carbons (Fsp3) is 0.192. The zero-order valence-electron chi connectivity index (χ0n) is 18.2. The van der Waals surface area contributed by atoms with Gasteiger partial charge in [0.25, 0.3) is 5.91 Å². The molecule has 0 atom stereocenters. The monoisotopic (exact) mass is 441 g/mol. The van der Waals surface area contributed by atoms with E-state index in [4.69, 9.17) is 14.0 Å². The fourth-order valence-corrected chi connectivity index (χ4v) is 3.80. The van der Waals surface area contributed by atoms with Gasteiger partial charge in [0.1, 0.15) is 17.2 Å². The zero-order valence-corrected chi connectivity index (χ0v) is 18.2. The van der Waals surface area contributed by atoms with Gasteiger partial charge >= 0.3 is 0 Å². The maximum atomic E-state index is 12.8. The summed E-state index contributed by atoms with van der Waals surface area (Å²) in [6, 6.07) is 24.5. The number of ether oxygens (including phenoxy) is 2. The minimum Gasteiger partial charge on any atom is -0.496 e. The Hall–Kier alpha value is -4.13. The van der Waals surface area contributed by atoms with Crippen LogP contribution >= 0.6 is 0 Å². The molecule has 2 heterocycles. The van der Waals surface area contributed by atoms with Crippen LogP contribution in [-0.2, 0) is 6.42 Å². The Bertz CT molecular complexity index is 1230. The number of aromatic nitrogens is 2. The molecule has 33 heavy (non-hydrogen) atoms. The Balaban J connectivity index is 1.16. The van der Waals surface area contributed by atoms with E-state index in [1.54, 1.807) is 36.3 Å². The van der Waals surface area contributed by atoms with E-state index in [-0.39, 0.29) is 11.8 Å². The van der Waals surface area contributed by atoms with Crippen LogP contribution in [0.4, 0.5) is 0 Å². The molecular weight excluding hydrogens is 418 g/mol. The second-order valence-corrected chi connectivity index (χ2v) is 7.88. The summed E-state index contributed by atoms with van der Waals surface area (Å²) in [5.41, 5.74) is 1.62. The molecule has 1 saturated heterocycles. The molecule has 0 unspecified atom stereocenters. The van der Waals surface area contributed by atoms with Crippen LogP contribution in [0.15, 0.2) is 83.4 Å². The van der Waals surface area contributed by atoms with Crippen LogP contribution in [0.3, 0.4) is 0 Å². The van der Waals surface area contributed by atoms with E-state index in [2.05, 4.69) is 10.1 Å². The first kappa shape index (κ1) is 20.8. The molecule has 1 aliphatic heterocycles. The largest absolute Gasteiger partial charge is 0.496 e. The molecule has 4 aromatic rings. The average molecular weight is 441 g/mol. The van der Waals surface area contributed by atoms with Crippen molar-refractivity contribution >= 4 is 5.91 Å². The highest BCUT2D eigenvalue weighted by atomic mass is 16.5. The first-order valence-corrected chi connectivity index (χ1v) is 10.8. The summed E-state index contributed by atoms with van der Waals surface area (Å²) in [6.07, 6.45) is 0.528. The summed E-state index contributed by atoms with van der Waals surface area (Å²) in [6.45, 7) is 1.11. The fourth-order valence-electron chi connectivity index (χ4n) is 3.80. The molecular formula is C26H23N3O4. The van der Waals surface area contributed by atoms with E-state index in [0.717, 1.165) is 17.1 Å². The van der Waals surface area contributed by atoms with Crippen molar-refractivity contribution in [1.29, 1.82) is 0 Å². The molecule has 0 radical (unpaired) electrons. The summed E-state index contributed by atoms with van der Waals surface area (Å²) >= 11 is 0. The highest BCUT2D eigenvalue weighted by Crippen LogP contribution is 2.29. The highest BCUT2D eigenvalue weighted by molar-refractivity contribution is 5.95. The van der Waals surface area contributed by atoms with Gasteiger partial charge in [-0.05, 0) is 42.5 Å². The van der Waals surface area contributed by atoms with Crippen molar-refractivity contribution in [3.8, 4) is 17.2 Å². The van der Waals surface area contributed by atoms with E-state index in [1.807, 2.05) is 54.6 Å². The maximum absolute atomic E-state index is 12.8. The Labute approximate surface area is 191 Å². The molecule has 0 saturated carbocycles. The van der Waals surface area contributed by atoms with Gasteiger partial charge in [-0.25, -0.2) is 0 Å². The van der Waals surface area contributed by atoms with Crippen molar-refractivity contribution in [1.82, 2.24) is 15.0 Å². The number of para-hydroxylation sites is 2. The minimum absolute atomic E-state index is 0.0220. The lowest BCUT2D eigenvalue weighted by molar-refractivity contribution is 0.0569. The molecule has 0 bridgehead atoms. The van der Waals surface area contributed by atoms with Gasteiger partial charge in [0.05, 0.1) is 13.0 Å². The molecule has 7 heteroatoms. The van der Waals surface area contributed by atoms with Crippen molar-refractivity contribution in [3.05, 3.63) is 102 Å². The van der Waals surface area contributed by atoms with E-state index in [1.165, 1.54) is 0 Å². The molecule has 1 fully saturated rings. The summed E-state index contributed by atoms with van der Waals surface area (Å²) in [7, 11) is 1.64. The summed E-state index contributed by atoms with van der Waals surface area (Å²) in [5, 5.41) is 4.10. The van der Waals surface area contributed by atoms with Crippen molar-refractivity contribution in [2.75, 3.05) is 20.2 Å². The molecule has 0 N–H and O–H groups in total. The summed E-state index contributed by atoms with van der Waals surface area (Å²) < 4.78 is 16.6. The minimum atomic E-state index is -0.0220. The normalized spacial score (nSPS) is 13.4. The average Bonchev–Trinajstić information content (AvgIpc) is 3.27. The molecule has 0 spiro atoms. The standard InChI is InChI=1S/C26H23N3O4/c1-31-23-10-6-5-7-19(23)15-24-27-25(33-28-24)20-16-29(17-20)26(30)18-11-13-22(14-12-18)32-21-8-3-2-4-9-21/h2-14,20H,15-17H2,1H3. The molecule has 1 aromatic heterocycles. The van der Waals surface area contributed by atoms with Crippen molar-refractivity contribution in [3.63, 3.8) is 0 Å². The molecule has 3 aromatic carbocycles. The van der Waals surface area contributed by atoms with Crippen molar-refractivity contribution < 1.29 is 18.8 Å². The molecule has 0 aliphatic carbocycles. The molecule has 5 rings (SSSR count). The van der Waals surface area contributed by atoms with Crippen LogP contribution in [0.2, 0.25) is 0 Å². The second-order valence-electron chi connectivity index (χ2n) is 7.88. The molecule has 1 aliphatic rings. The number of methoxy groups -OCH3 is 1. The van der Waals surface area contributed by atoms with E-state index < -0.39 is 0 Å². The number of hydrogen-bond donors (Lipinski definition) is 0. The lowest BCUT2D eigenvalue weighted by Gasteiger charge is -2.37. The third-order valence-electron chi connectivity index (χ3n) is 5.62. The van der Waals surface area contributed by atoms with Gasteiger partial charge in [-0.3, -0.25) is 4.79 Å². The van der Waals surface area contributed by atoms with Gasteiger partial charge in [0, 0.05) is 30.6 Å². The van der Waals surface area contributed by atoms with E-state index in [9.17, 15) is 4.79 Å². The Morgan fingerprint density at radius 2 is 1.67 bits per heavy atom. The lowest BCUT2D eigenvalue weighted by Crippen LogP contribution is -2.48. The van der Waals surface area contributed by atoms with Gasteiger partial charge in [0.15, 0.2) is 5.82 Å². The zero-order chi connectivity index (χ0) is 22.6. The molecule has 7 nitrogen and oxygen atoms in total. The first-order valence-electron chi connectivity index (χ1n) is 10.8. The number of amides is 1. The highest BCUT2D eigenvalue weighted by Gasteiger charge is 2.36. The number of likely N-dealkylation sites (tertiary alicyclic amines) is 1. The summed E-state index contributed by atoms with van der Waals surface area (Å²) in [5.74, 6) is 3.44. The second kappa shape index (κ2) is 9.16. The SMILES string of the molecule is COc1ccccc1Cc1noc(C2CN(C(=O)c3ccc(Oc4ccccc4)cc3)C2)n1. The number of carbonyl (C=O) groups is 1. The number of carbonyl (C=O) groups excluding carboxylic acids is 1. The van der Waals surface area contributed by atoms with Crippen molar-refractivity contribution in [2.45, 2.75) is 12.3 Å². The van der Waals surface area contributed by atoms with Gasteiger partial charge < -0.3 is 18.9 Å². The molecule has 1 amide bonds. The Kier molecular flexibility index (Phi) is 5.76. The third-order valence-corrected chi connectivity index (χ3v) is 5.62. The van der Waals surface area contributed by atoms with E-state index >= 15 is 0 Å². The van der Waals surface area contributed by atoms with Crippen LogP contribution in [-0.4, -0.2) is 41.1 Å². The third kappa shape index (κ3) is 4.57. The van der Waals surface area contributed by atoms with Gasteiger partial charge in [0.2, 0.25) is 5.89 Å². The van der Waals surface area contributed by atoms with Crippen LogP contribution in [0.25, 0.3) is 0 Å². The van der Waals surface area contributed by atoms with Gasteiger partial charge in [-0.2, -0.15) is 4.98 Å². The maximum Gasteiger partial charge on any atom is 0.253 e. The predicted molar refractivity (Wildman–Crippen MR) is 122 cm³/mol. The van der Waals surface area contributed by atoms with Crippen LogP contribution < -0.4 is 9.47 Å². The Morgan fingerprint density at radius 1 is 0.970 bits per heavy atom. The van der Waals surface area contributed by atoms with E-state index in [0.29, 0.717) is 42.5 Å². The topological polar surface area (TPSA) is 77.7 Å².